The fourth-order valence-electron chi connectivity index (χ4n) is 10.5. The fourth-order valence-corrected chi connectivity index (χ4v) is 10.5. The second-order valence-electron chi connectivity index (χ2n) is 15.9. The molecule has 0 aliphatic heterocycles. The van der Waals surface area contributed by atoms with E-state index in [1.165, 1.54) is 97.6 Å². The number of anilines is 6. The summed E-state index contributed by atoms with van der Waals surface area (Å²) in [5.74, 6) is 0. The molecular weight excluding hydrogens is 725 g/mol. The van der Waals surface area contributed by atoms with Crippen molar-refractivity contribution in [1.29, 1.82) is 0 Å². The molecule has 0 heterocycles. The Kier molecular flexibility index (Phi) is 7.05. The lowest BCUT2D eigenvalue weighted by atomic mass is 9.81. The number of para-hydroxylation sites is 4. The third-order valence-corrected chi connectivity index (χ3v) is 12.9. The summed E-state index contributed by atoms with van der Waals surface area (Å²) in [5, 5.41) is 20.7. The molecule has 0 N–H and O–H groups in total. The maximum atomic E-state index is 2.40. The highest BCUT2D eigenvalue weighted by molar-refractivity contribution is 6.48. The van der Waals surface area contributed by atoms with Gasteiger partial charge in [0.25, 0.3) is 0 Å². The van der Waals surface area contributed by atoms with E-state index in [9.17, 15) is 0 Å². The van der Waals surface area contributed by atoms with Crippen LogP contribution in [0.4, 0.5) is 34.1 Å². The number of nitrogens with zero attached hydrogens (tertiary/aromatic N) is 2. The average Bonchev–Trinajstić information content (AvgIpc) is 3.32. The summed E-state index contributed by atoms with van der Waals surface area (Å²) in [7, 11) is 0. The van der Waals surface area contributed by atoms with Gasteiger partial charge in [-0.05, 0) is 136 Å². The zero-order valence-corrected chi connectivity index (χ0v) is 32.7. The Balaban J connectivity index is 1.16. The normalized spacial score (nSPS) is 12.0. The minimum Gasteiger partial charge on any atom is -0.310 e. The van der Waals surface area contributed by atoms with Gasteiger partial charge in [-0.1, -0.05) is 158 Å². The van der Waals surface area contributed by atoms with E-state index in [1.807, 2.05) is 0 Å². The van der Waals surface area contributed by atoms with Gasteiger partial charge in [0.1, 0.15) is 0 Å². The van der Waals surface area contributed by atoms with E-state index in [4.69, 9.17) is 0 Å². The molecule has 0 bridgehead atoms. The first-order chi connectivity index (χ1) is 29.8. The standard InChI is InChI=1S/C58H36N2/c1-5-17-37(18-6-1)59(38-19-7-2-8-20-38)51-35-33-43-41-25-13-32-50-55(41)57(47-29-15-27-45(51)53(43)47)49-31-14-26-42-44-34-36-52(46-28-16-30-48(54(44)46)58(50)56(42)49)60(39-21-9-3-10-22-39)40-23-11-4-12-24-40/h1-36H. The van der Waals surface area contributed by atoms with E-state index in [0.717, 1.165) is 22.7 Å². The highest BCUT2D eigenvalue weighted by Crippen LogP contribution is 2.53. The predicted octanol–water partition coefficient (Wildman–Crippen LogP) is 16.7. The van der Waals surface area contributed by atoms with Crippen LogP contribution in [0.2, 0.25) is 0 Å². The molecular formula is C58H36N2. The van der Waals surface area contributed by atoms with Crippen molar-refractivity contribution in [3.63, 3.8) is 0 Å². The Hall–Kier alpha value is -7.94. The molecule has 0 radical (unpaired) electrons. The van der Waals surface area contributed by atoms with Crippen LogP contribution in [0.5, 0.6) is 0 Å². The zero-order chi connectivity index (χ0) is 39.3. The molecule has 2 heteroatoms. The van der Waals surface area contributed by atoms with E-state index in [1.54, 1.807) is 0 Å². The molecule has 13 aromatic carbocycles. The Morgan fingerprint density at radius 3 is 0.750 bits per heavy atom. The third-order valence-electron chi connectivity index (χ3n) is 12.9. The van der Waals surface area contributed by atoms with Gasteiger partial charge in [-0.25, -0.2) is 0 Å². The lowest BCUT2D eigenvalue weighted by Gasteiger charge is -2.28. The molecule has 0 atom stereocenters. The van der Waals surface area contributed by atoms with E-state index in [2.05, 4.69) is 228 Å². The quantitative estimate of drug-likeness (QED) is 0.123. The van der Waals surface area contributed by atoms with Crippen molar-refractivity contribution in [3.05, 3.63) is 218 Å². The molecule has 0 aromatic heterocycles. The first-order valence-corrected chi connectivity index (χ1v) is 20.8. The van der Waals surface area contributed by atoms with Gasteiger partial charge >= 0.3 is 0 Å². The number of rotatable bonds is 6. The van der Waals surface area contributed by atoms with Gasteiger partial charge in [-0.3, -0.25) is 0 Å². The SMILES string of the molecule is c1ccc(N(c2ccccc2)c2ccc3c4cccc5c4c(c4cccc2c34)c2cccc3c4ccc(N(c6ccccc6)c6ccccc6)c6cccc(c64)c5c32)cc1. The van der Waals surface area contributed by atoms with Gasteiger partial charge in [-0.2, -0.15) is 0 Å². The average molecular weight is 761 g/mol. The number of benzene rings is 13. The summed E-state index contributed by atoms with van der Waals surface area (Å²) < 4.78 is 0. The van der Waals surface area contributed by atoms with E-state index in [-0.39, 0.29) is 0 Å². The molecule has 0 aliphatic carbocycles. The van der Waals surface area contributed by atoms with Crippen molar-refractivity contribution in [3.8, 4) is 0 Å². The highest BCUT2D eigenvalue weighted by Gasteiger charge is 2.25. The van der Waals surface area contributed by atoms with Crippen LogP contribution in [0.3, 0.4) is 0 Å². The molecule has 0 saturated carbocycles. The van der Waals surface area contributed by atoms with Crippen LogP contribution in [0, 0.1) is 0 Å². The van der Waals surface area contributed by atoms with E-state index in [0.29, 0.717) is 0 Å². The third kappa shape index (κ3) is 4.59. The summed E-state index contributed by atoms with van der Waals surface area (Å²) in [6.45, 7) is 0. The van der Waals surface area contributed by atoms with Crippen LogP contribution in [0.15, 0.2) is 218 Å². The molecule has 0 fully saturated rings. The fraction of sp³-hybridized carbons (Fsp3) is 0. The van der Waals surface area contributed by atoms with Crippen molar-refractivity contribution in [2.75, 3.05) is 9.80 Å². The molecule has 60 heavy (non-hydrogen) atoms. The monoisotopic (exact) mass is 760 g/mol. The largest absolute Gasteiger partial charge is 0.310 e. The van der Waals surface area contributed by atoms with Crippen LogP contribution in [0.25, 0.3) is 86.2 Å². The molecule has 278 valence electrons. The topological polar surface area (TPSA) is 6.48 Å². The lowest BCUT2D eigenvalue weighted by Crippen LogP contribution is -2.10. The Bertz CT molecular complexity index is 3420. The van der Waals surface area contributed by atoms with Crippen LogP contribution in [0.1, 0.15) is 0 Å². The van der Waals surface area contributed by atoms with Crippen molar-refractivity contribution in [2.24, 2.45) is 0 Å². The van der Waals surface area contributed by atoms with Crippen molar-refractivity contribution in [1.82, 2.24) is 0 Å². The van der Waals surface area contributed by atoms with Crippen LogP contribution in [-0.2, 0) is 0 Å². The number of hydrogen-bond acceptors (Lipinski definition) is 2. The summed E-state index contributed by atoms with van der Waals surface area (Å²) >= 11 is 0. The lowest BCUT2D eigenvalue weighted by molar-refractivity contribution is 1.30. The Morgan fingerprint density at radius 2 is 0.417 bits per heavy atom. The Labute approximate surface area is 347 Å². The van der Waals surface area contributed by atoms with Crippen LogP contribution in [-0.4, -0.2) is 0 Å². The molecule has 0 amide bonds. The summed E-state index contributed by atoms with van der Waals surface area (Å²) in [5.41, 5.74) is 6.88. The van der Waals surface area contributed by atoms with Crippen molar-refractivity contribution in [2.45, 2.75) is 0 Å². The van der Waals surface area contributed by atoms with E-state index >= 15 is 0 Å². The van der Waals surface area contributed by atoms with Crippen LogP contribution >= 0.6 is 0 Å². The Morgan fingerprint density at radius 1 is 0.167 bits per heavy atom. The minimum absolute atomic E-state index is 1.14. The number of fused-ring (bicyclic) bond motifs is 6. The molecule has 13 rings (SSSR count). The molecule has 0 spiro atoms. The van der Waals surface area contributed by atoms with Gasteiger partial charge in [-0.15, -0.1) is 0 Å². The second-order valence-corrected chi connectivity index (χ2v) is 15.9. The maximum Gasteiger partial charge on any atom is 0.0540 e. The second kappa shape index (κ2) is 12.8. The predicted molar refractivity (Wildman–Crippen MR) is 258 cm³/mol. The molecule has 0 saturated heterocycles. The van der Waals surface area contributed by atoms with Gasteiger partial charge in [0.15, 0.2) is 0 Å². The van der Waals surface area contributed by atoms with Crippen LogP contribution < -0.4 is 9.80 Å². The first-order valence-electron chi connectivity index (χ1n) is 20.8. The maximum absolute atomic E-state index is 2.40. The molecule has 13 aromatic rings. The molecule has 2 nitrogen and oxygen atoms in total. The van der Waals surface area contributed by atoms with E-state index < -0.39 is 0 Å². The molecule has 0 unspecified atom stereocenters. The highest BCUT2D eigenvalue weighted by atomic mass is 15.1. The van der Waals surface area contributed by atoms with Gasteiger partial charge in [0.05, 0.1) is 11.4 Å². The zero-order valence-electron chi connectivity index (χ0n) is 32.7. The summed E-state index contributed by atoms with van der Waals surface area (Å²) in [6, 6.07) is 80.2. The summed E-state index contributed by atoms with van der Waals surface area (Å²) in [6.07, 6.45) is 0. The summed E-state index contributed by atoms with van der Waals surface area (Å²) in [4.78, 5) is 4.80. The van der Waals surface area contributed by atoms with Gasteiger partial charge < -0.3 is 9.80 Å². The van der Waals surface area contributed by atoms with Gasteiger partial charge in [0.2, 0.25) is 0 Å². The minimum atomic E-state index is 1.14. The van der Waals surface area contributed by atoms with Crippen molar-refractivity contribution < 1.29 is 0 Å². The smallest absolute Gasteiger partial charge is 0.0540 e. The van der Waals surface area contributed by atoms with Gasteiger partial charge in [0, 0.05) is 33.5 Å². The first kappa shape index (κ1) is 33.1. The number of hydrogen-bond donors (Lipinski definition) is 0. The molecule has 0 aliphatic rings. The van der Waals surface area contributed by atoms with Crippen molar-refractivity contribution >= 4 is 120 Å².